The van der Waals surface area contributed by atoms with Gasteiger partial charge in [-0.15, -0.1) is 0 Å². The van der Waals surface area contributed by atoms with Crippen LogP contribution in [0.15, 0.2) is 53.1 Å². The van der Waals surface area contributed by atoms with Crippen molar-refractivity contribution in [3.8, 4) is 11.4 Å². The Labute approximate surface area is 211 Å². The summed E-state index contributed by atoms with van der Waals surface area (Å²) in [7, 11) is 0. The van der Waals surface area contributed by atoms with E-state index in [9.17, 15) is 4.79 Å². The van der Waals surface area contributed by atoms with Gasteiger partial charge in [-0.2, -0.15) is 4.98 Å². The fraction of sp³-hybridized carbons (Fsp3) is 0.444. The summed E-state index contributed by atoms with van der Waals surface area (Å²) in [4.78, 5) is 22.0. The molecule has 0 atom stereocenters. The molecule has 0 bridgehead atoms. The molecule has 5 rings (SSSR count). The van der Waals surface area contributed by atoms with Crippen LogP contribution in [0, 0.1) is 5.92 Å². The Kier molecular flexibility index (Phi) is 7.64. The number of carbonyl (C=O) groups excluding carboxylic acids is 1. The predicted octanol–water partition coefficient (Wildman–Crippen LogP) is 4.91. The molecule has 2 aliphatic rings. The van der Waals surface area contributed by atoms with Crippen molar-refractivity contribution in [1.82, 2.24) is 20.4 Å². The molecule has 0 unspecified atom stereocenters. The minimum Gasteiger partial charge on any atom is -0.372 e. The Morgan fingerprint density at radius 1 is 0.971 bits per heavy atom. The van der Waals surface area contributed by atoms with Crippen LogP contribution in [-0.4, -0.2) is 47.1 Å². The van der Waals surface area contributed by atoms with Crippen LogP contribution in [0.25, 0.3) is 11.4 Å². The first-order valence-corrected chi connectivity index (χ1v) is 12.9. The van der Waals surface area contributed by atoms with Crippen molar-refractivity contribution < 1.29 is 9.32 Å². The minimum absolute atomic E-state index is 0.0474. The van der Waals surface area contributed by atoms with Gasteiger partial charge in [0.25, 0.3) is 0 Å². The van der Waals surface area contributed by atoms with Gasteiger partial charge < -0.3 is 14.7 Å². The van der Waals surface area contributed by atoms with Crippen LogP contribution < -0.4 is 10.2 Å². The van der Waals surface area contributed by atoms with E-state index in [-0.39, 0.29) is 11.8 Å². The van der Waals surface area contributed by atoms with Crippen molar-refractivity contribution in [1.29, 1.82) is 0 Å². The maximum absolute atomic E-state index is 12.7. The van der Waals surface area contributed by atoms with Crippen LogP contribution in [0.4, 0.5) is 5.69 Å². The van der Waals surface area contributed by atoms with E-state index in [1.807, 2.05) is 24.3 Å². The molecule has 1 aromatic heterocycles. The van der Waals surface area contributed by atoms with Gasteiger partial charge in [0.1, 0.15) is 0 Å². The number of piperidine rings is 2. The molecular weight excluding hydrogens is 462 g/mol. The highest BCUT2D eigenvalue weighted by atomic mass is 35.5. The fourth-order valence-corrected chi connectivity index (χ4v) is 5.02. The fourth-order valence-electron chi connectivity index (χ4n) is 4.89. The van der Waals surface area contributed by atoms with E-state index in [4.69, 9.17) is 16.1 Å². The van der Waals surface area contributed by atoms with E-state index in [2.05, 4.69) is 49.5 Å². The van der Waals surface area contributed by atoms with E-state index in [1.54, 1.807) is 0 Å². The summed E-state index contributed by atoms with van der Waals surface area (Å²) in [5.41, 5.74) is 3.30. The van der Waals surface area contributed by atoms with Gasteiger partial charge in [0.15, 0.2) is 0 Å². The molecule has 0 radical (unpaired) electrons. The lowest BCUT2D eigenvalue weighted by atomic mass is 9.96. The number of amides is 1. The largest absolute Gasteiger partial charge is 0.372 e. The molecule has 3 heterocycles. The Morgan fingerprint density at radius 2 is 1.69 bits per heavy atom. The van der Waals surface area contributed by atoms with Gasteiger partial charge in [-0.1, -0.05) is 28.9 Å². The highest BCUT2D eigenvalue weighted by Gasteiger charge is 2.26. The van der Waals surface area contributed by atoms with Crippen molar-refractivity contribution >= 4 is 23.2 Å². The van der Waals surface area contributed by atoms with Gasteiger partial charge in [-0.3, -0.25) is 9.69 Å². The van der Waals surface area contributed by atoms with Gasteiger partial charge in [-0.25, -0.2) is 0 Å². The molecule has 7 nitrogen and oxygen atoms in total. The number of carbonyl (C=O) groups is 1. The van der Waals surface area contributed by atoms with Crippen LogP contribution in [0.1, 0.15) is 43.6 Å². The lowest BCUT2D eigenvalue weighted by Crippen LogP contribution is -2.40. The van der Waals surface area contributed by atoms with Gasteiger partial charge in [-0.05, 0) is 87.2 Å². The lowest BCUT2D eigenvalue weighted by molar-refractivity contribution is -0.126. The Balaban J connectivity index is 1.05. The van der Waals surface area contributed by atoms with Gasteiger partial charge in [0.05, 0.1) is 6.54 Å². The molecular formula is C27H32ClN5O2. The van der Waals surface area contributed by atoms with E-state index in [1.165, 1.54) is 24.9 Å². The van der Waals surface area contributed by atoms with Crippen molar-refractivity contribution in [2.45, 2.75) is 45.2 Å². The number of hydrogen-bond donors (Lipinski definition) is 1. The first kappa shape index (κ1) is 23.8. The van der Waals surface area contributed by atoms with Gasteiger partial charge >= 0.3 is 0 Å². The standard InChI is InChI=1S/C27H32ClN5O2/c28-23-8-6-21(7-9-23)26-30-25(35-31-26)19-32-16-12-22(13-17-32)27(34)29-18-20-4-10-24(11-5-20)33-14-2-1-3-15-33/h4-11,22H,1-3,12-19H2,(H,29,34). The van der Waals surface area contributed by atoms with Gasteiger partial charge in [0, 0.05) is 41.8 Å². The zero-order chi connectivity index (χ0) is 24.0. The second-order valence-corrected chi connectivity index (χ2v) is 9.94. The third-order valence-corrected chi connectivity index (χ3v) is 7.26. The van der Waals surface area contributed by atoms with E-state index >= 15 is 0 Å². The van der Waals surface area contributed by atoms with Crippen molar-refractivity contribution in [3.63, 3.8) is 0 Å². The number of likely N-dealkylation sites (tertiary alicyclic amines) is 1. The summed E-state index contributed by atoms with van der Waals surface area (Å²) in [6, 6.07) is 16.0. The summed E-state index contributed by atoms with van der Waals surface area (Å²) in [6.07, 6.45) is 5.55. The van der Waals surface area contributed by atoms with Crippen LogP contribution in [0.2, 0.25) is 5.02 Å². The molecule has 2 aliphatic heterocycles. The molecule has 1 N–H and O–H groups in total. The molecule has 2 aromatic carbocycles. The zero-order valence-corrected chi connectivity index (χ0v) is 20.7. The normalized spacial score (nSPS) is 17.5. The third-order valence-electron chi connectivity index (χ3n) is 7.01. The molecule has 0 aliphatic carbocycles. The maximum atomic E-state index is 12.7. The first-order chi connectivity index (χ1) is 17.1. The van der Waals surface area contributed by atoms with Crippen LogP contribution in [-0.2, 0) is 17.9 Å². The number of nitrogens with one attached hydrogen (secondary N) is 1. The van der Waals surface area contributed by atoms with Crippen LogP contribution >= 0.6 is 11.6 Å². The number of rotatable bonds is 7. The van der Waals surface area contributed by atoms with Crippen LogP contribution in [0.3, 0.4) is 0 Å². The second kappa shape index (κ2) is 11.2. The Hall–Kier alpha value is -2.90. The molecule has 8 heteroatoms. The summed E-state index contributed by atoms with van der Waals surface area (Å²) >= 11 is 5.95. The molecule has 0 saturated carbocycles. The number of benzene rings is 2. The second-order valence-electron chi connectivity index (χ2n) is 9.50. The third kappa shape index (κ3) is 6.21. The average Bonchev–Trinajstić information content (AvgIpc) is 3.37. The van der Waals surface area contributed by atoms with E-state index < -0.39 is 0 Å². The van der Waals surface area contributed by atoms with E-state index in [0.29, 0.717) is 29.8 Å². The molecule has 1 amide bonds. The zero-order valence-electron chi connectivity index (χ0n) is 20.0. The molecule has 184 valence electrons. The SMILES string of the molecule is O=C(NCc1ccc(N2CCCCC2)cc1)C1CCN(Cc2nc(-c3ccc(Cl)cc3)no2)CC1. The predicted molar refractivity (Wildman–Crippen MR) is 137 cm³/mol. The number of hydrogen-bond acceptors (Lipinski definition) is 6. The number of aromatic nitrogens is 2. The van der Waals surface area contributed by atoms with Crippen molar-refractivity contribution in [2.24, 2.45) is 5.92 Å². The Morgan fingerprint density at radius 3 is 2.40 bits per heavy atom. The highest BCUT2D eigenvalue weighted by Crippen LogP contribution is 2.23. The summed E-state index contributed by atoms with van der Waals surface area (Å²) in [6.45, 7) is 5.13. The summed E-state index contributed by atoms with van der Waals surface area (Å²) < 4.78 is 5.44. The van der Waals surface area contributed by atoms with Crippen molar-refractivity contribution in [2.75, 3.05) is 31.1 Å². The van der Waals surface area contributed by atoms with E-state index in [0.717, 1.165) is 50.1 Å². The highest BCUT2D eigenvalue weighted by molar-refractivity contribution is 6.30. The first-order valence-electron chi connectivity index (χ1n) is 12.6. The molecule has 2 saturated heterocycles. The van der Waals surface area contributed by atoms with Crippen LogP contribution in [0.5, 0.6) is 0 Å². The molecule has 0 spiro atoms. The Bertz CT molecular complexity index is 1100. The maximum Gasteiger partial charge on any atom is 0.241 e. The monoisotopic (exact) mass is 493 g/mol. The smallest absolute Gasteiger partial charge is 0.241 e. The molecule has 3 aromatic rings. The van der Waals surface area contributed by atoms with Gasteiger partial charge in [0.2, 0.25) is 17.6 Å². The van der Waals surface area contributed by atoms with Crippen molar-refractivity contribution in [3.05, 3.63) is 65.0 Å². The quantitative estimate of drug-likeness (QED) is 0.504. The summed E-state index contributed by atoms with van der Waals surface area (Å²) in [5, 5.41) is 7.90. The number of anilines is 1. The topological polar surface area (TPSA) is 74.5 Å². The number of halogens is 1. The molecule has 35 heavy (non-hydrogen) atoms. The molecule has 2 fully saturated rings. The number of nitrogens with zero attached hydrogens (tertiary/aromatic N) is 4. The minimum atomic E-state index is 0.0474. The lowest BCUT2D eigenvalue weighted by Gasteiger charge is -2.30. The average molecular weight is 494 g/mol. The summed E-state index contributed by atoms with van der Waals surface area (Å²) in [5.74, 6) is 1.35.